The van der Waals surface area contributed by atoms with Gasteiger partial charge in [0.2, 0.25) is 15.8 Å². The van der Waals surface area contributed by atoms with Crippen LogP contribution in [0.5, 0.6) is 0 Å². The molecule has 0 N–H and O–H groups in total. The molecule has 0 amide bonds. The summed E-state index contributed by atoms with van der Waals surface area (Å²) < 4.78 is 51.3. The predicted molar refractivity (Wildman–Crippen MR) is 106 cm³/mol. The molecule has 1 atom stereocenters. The molecule has 0 saturated carbocycles. The van der Waals surface area contributed by atoms with Crippen molar-refractivity contribution in [2.75, 3.05) is 26.3 Å². The third-order valence-electron chi connectivity index (χ3n) is 4.75. The maximum Gasteiger partial charge on any atom is 0.341 e. The summed E-state index contributed by atoms with van der Waals surface area (Å²) in [5.41, 5.74) is 0.773. The van der Waals surface area contributed by atoms with E-state index < -0.39 is 39.3 Å². The number of nitrogens with zero attached hydrogens (tertiary/aromatic N) is 1. The third-order valence-corrected chi connectivity index (χ3v) is 6.65. The minimum Gasteiger partial charge on any atom is -0.451 e. The van der Waals surface area contributed by atoms with Crippen molar-refractivity contribution in [2.45, 2.75) is 24.8 Å². The highest BCUT2D eigenvalue weighted by Gasteiger charge is 2.29. The van der Waals surface area contributed by atoms with Crippen LogP contribution < -0.4 is 0 Å². The van der Waals surface area contributed by atoms with Crippen molar-refractivity contribution < 1.29 is 31.9 Å². The Morgan fingerprint density at radius 3 is 2.37 bits per heavy atom. The maximum atomic E-state index is 14.3. The number of carbonyl (C=O) groups is 2. The topological polar surface area (TPSA) is 90.0 Å². The van der Waals surface area contributed by atoms with Crippen molar-refractivity contribution in [3.8, 4) is 0 Å². The number of rotatable bonds is 6. The van der Waals surface area contributed by atoms with Gasteiger partial charge >= 0.3 is 5.97 Å². The van der Waals surface area contributed by atoms with Crippen LogP contribution in [-0.4, -0.2) is 56.9 Å². The zero-order valence-electron chi connectivity index (χ0n) is 16.6. The second-order valence-corrected chi connectivity index (χ2v) is 8.87. The first-order valence-electron chi connectivity index (χ1n) is 9.39. The molecule has 160 valence electrons. The molecule has 2 aromatic carbocycles. The largest absolute Gasteiger partial charge is 0.451 e. The Morgan fingerprint density at radius 1 is 1.10 bits per heavy atom. The zero-order chi connectivity index (χ0) is 21.9. The summed E-state index contributed by atoms with van der Waals surface area (Å²) in [6.45, 7) is 4.11. The van der Waals surface area contributed by atoms with Gasteiger partial charge in [0.15, 0.2) is 6.10 Å². The Labute approximate surface area is 174 Å². The predicted octanol–water partition coefficient (Wildman–Crippen LogP) is 2.58. The lowest BCUT2D eigenvalue weighted by atomic mass is 10.1. The maximum absolute atomic E-state index is 14.3. The fraction of sp³-hybridized carbons (Fsp3) is 0.333. The molecule has 0 spiro atoms. The lowest BCUT2D eigenvalue weighted by Gasteiger charge is -2.26. The SMILES string of the molecule is Cc1ccc(C(=O)C(C)OC(=O)c2cc(S(=O)(=O)N3CCOCC3)ccc2F)cc1. The van der Waals surface area contributed by atoms with E-state index in [1.165, 1.54) is 11.2 Å². The molecule has 3 rings (SSSR count). The van der Waals surface area contributed by atoms with E-state index in [1.54, 1.807) is 24.3 Å². The molecule has 1 aliphatic rings. The number of halogens is 1. The fourth-order valence-electron chi connectivity index (χ4n) is 2.99. The van der Waals surface area contributed by atoms with Crippen LogP contribution in [0, 0.1) is 12.7 Å². The minimum absolute atomic E-state index is 0.168. The lowest BCUT2D eigenvalue weighted by molar-refractivity contribution is 0.0314. The Morgan fingerprint density at radius 2 is 1.73 bits per heavy atom. The normalized spacial score (nSPS) is 16.1. The first-order valence-corrected chi connectivity index (χ1v) is 10.8. The second kappa shape index (κ2) is 9.03. The van der Waals surface area contributed by atoms with Crippen LogP contribution in [0.3, 0.4) is 0 Å². The van der Waals surface area contributed by atoms with E-state index >= 15 is 0 Å². The summed E-state index contributed by atoms with van der Waals surface area (Å²) in [6.07, 6.45) is -1.17. The third kappa shape index (κ3) is 4.75. The van der Waals surface area contributed by atoms with Crippen LogP contribution in [0.25, 0.3) is 0 Å². The number of hydrogen-bond donors (Lipinski definition) is 0. The van der Waals surface area contributed by atoms with Gasteiger partial charge in [0.05, 0.1) is 23.7 Å². The number of carbonyl (C=O) groups excluding carboxylic acids is 2. The Kier molecular flexibility index (Phi) is 6.64. The molecule has 0 bridgehead atoms. The van der Waals surface area contributed by atoms with Gasteiger partial charge in [0.1, 0.15) is 5.82 Å². The molecular weight excluding hydrogens is 413 g/mol. The van der Waals surface area contributed by atoms with Crippen LogP contribution in [0.2, 0.25) is 0 Å². The molecule has 7 nitrogen and oxygen atoms in total. The van der Waals surface area contributed by atoms with Gasteiger partial charge in [-0.05, 0) is 32.0 Å². The van der Waals surface area contributed by atoms with Gasteiger partial charge < -0.3 is 9.47 Å². The summed E-state index contributed by atoms with van der Waals surface area (Å²) in [6, 6.07) is 9.65. The number of benzene rings is 2. The molecule has 1 aliphatic heterocycles. The highest BCUT2D eigenvalue weighted by atomic mass is 32.2. The number of sulfonamides is 1. The van der Waals surface area contributed by atoms with E-state index in [2.05, 4.69) is 0 Å². The first kappa shape index (κ1) is 22.1. The molecule has 1 fully saturated rings. The van der Waals surface area contributed by atoms with E-state index in [0.717, 1.165) is 23.8 Å². The van der Waals surface area contributed by atoms with Crippen molar-refractivity contribution in [3.05, 3.63) is 65.0 Å². The smallest absolute Gasteiger partial charge is 0.341 e. The Balaban J connectivity index is 1.79. The average Bonchev–Trinajstić information content (AvgIpc) is 2.74. The second-order valence-electron chi connectivity index (χ2n) is 6.94. The number of ketones is 1. The summed E-state index contributed by atoms with van der Waals surface area (Å²) >= 11 is 0. The Bertz CT molecular complexity index is 1050. The standard InChI is InChI=1S/C21H22FNO6S/c1-14-3-5-16(6-4-14)20(24)15(2)29-21(25)18-13-17(7-8-19(18)22)30(26,27)23-9-11-28-12-10-23/h3-8,13,15H,9-12H2,1-2H3. The van der Waals surface area contributed by atoms with Crippen LogP contribution in [0.1, 0.15) is 33.2 Å². The van der Waals surface area contributed by atoms with Crippen molar-refractivity contribution in [3.63, 3.8) is 0 Å². The van der Waals surface area contributed by atoms with E-state index in [9.17, 15) is 22.4 Å². The van der Waals surface area contributed by atoms with Crippen LogP contribution in [-0.2, 0) is 19.5 Å². The quantitative estimate of drug-likeness (QED) is 0.512. The highest BCUT2D eigenvalue weighted by Crippen LogP contribution is 2.21. The molecule has 30 heavy (non-hydrogen) atoms. The number of hydrogen-bond acceptors (Lipinski definition) is 6. The molecule has 2 aromatic rings. The average molecular weight is 435 g/mol. The summed E-state index contributed by atoms with van der Waals surface area (Å²) in [4.78, 5) is 24.7. The molecule has 1 heterocycles. The van der Waals surface area contributed by atoms with Gasteiger partial charge in [-0.3, -0.25) is 4.79 Å². The van der Waals surface area contributed by atoms with Gasteiger partial charge in [-0.2, -0.15) is 4.31 Å². The minimum atomic E-state index is -3.91. The van der Waals surface area contributed by atoms with Gasteiger partial charge in [-0.25, -0.2) is 17.6 Å². The summed E-state index contributed by atoms with van der Waals surface area (Å²) in [5, 5.41) is 0. The van der Waals surface area contributed by atoms with Crippen LogP contribution >= 0.6 is 0 Å². The van der Waals surface area contributed by atoms with Gasteiger partial charge in [-0.15, -0.1) is 0 Å². The van der Waals surface area contributed by atoms with E-state index in [4.69, 9.17) is 9.47 Å². The number of Topliss-reactive ketones (excluding diaryl/α,β-unsaturated/α-hetero) is 1. The first-order chi connectivity index (χ1) is 14.2. The number of morpholine rings is 1. The van der Waals surface area contributed by atoms with Gasteiger partial charge in [-0.1, -0.05) is 29.8 Å². The van der Waals surface area contributed by atoms with E-state index in [1.807, 2.05) is 6.92 Å². The van der Waals surface area contributed by atoms with Crippen molar-refractivity contribution in [1.82, 2.24) is 4.31 Å². The number of esters is 1. The van der Waals surface area contributed by atoms with Crippen LogP contribution in [0.4, 0.5) is 4.39 Å². The zero-order valence-corrected chi connectivity index (χ0v) is 17.4. The monoisotopic (exact) mass is 435 g/mol. The van der Waals surface area contributed by atoms with Gasteiger partial charge in [0, 0.05) is 18.7 Å². The number of aryl methyl sites for hydroxylation is 1. The lowest BCUT2D eigenvalue weighted by Crippen LogP contribution is -2.40. The van der Waals surface area contributed by atoms with Gasteiger partial charge in [0.25, 0.3) is 0 Å². The molecule has 0 aromatic heterocycles. The molecule has 1 saturated heterocycles. The highest BCUT2D eigenvalue weighted by molar-refractivity contribution is 7.89. The number of ether oxygens (including phenoxy) is 2. The van der Waals surface area contributed by atoms with E-state index in [0.29, 0.717) is 5.56 Å². The van der Waals surface area contributed by atoms with Crippen molar-refractivity contribution in [2.24, 2.45) is 0 Å². The molecular formula is C21H22FNO6S. The molecule has 0 aliphatic carbocycles. The summed E-state index contributed by atoms with van der Waals surface area (Å²) in [5.74, 6) is -2.49. The molecule has 1 unspecified atom stereocenters. The van der Waals surface area contributed by atoms with Crippen molar-refractivity contribution in [1.29, 1.82) is 0 Å². The Hall–Kier alpha value is -2.62. The van der Waals surface area contributed by atoms with Crippen LogP contribution in [0.15, 0.2) is 47.4 Å². The van der Waals surface area contributed by atoms with Crippen molar-refractivity contribution >= 4 is 21.8 Å². The molecule has 0 radical (unpaired) electrons. The fourth-order valence-corrected chi connectivity index (χ4v) is 4.42. The summed E-state index contributed by atoms with van der Waals surface area (Å²) in [7, 11) is -3.91. The molecule has 9 heteroatoms. The van der Waals surface area contributed by atoms with E-state index in [-0.39, 0.29) is 31.2 Å².